The molecule has 1 aromatic heterocycles. The fourth-order valence-electron chi connectivity index (χ4n) is 3.10. The average Bonchev–Trinajstić information content (AvgIpc) is 2.87. The van der Waals surface area contributed by atoms with E-state index in [4.69, 9.17) is 0 Å². The minimum Gasteiger partial charge on any atom is -0.503 e. The molecule has 0 radical (unpaired) electrons. The quantitative estimate of drug-likeness (QED) is 0.915. The van der Waals surface area contributed by atoms with Crippen LogP contribution in [0.5, 0.6) is 0 Å². The number of amides is 1. The Morgan fingerprint density at radius 3 is 2.35 bits per heavy atom. The van der Waals surface area contributed by atoms with Crippen molar-refractivity contribution in [1.82, 2.24) is 9.88 Å². The van der Waals surface area contributed by atoms with Gasteiger partial charge in [0.2, 0.25) is 0 Å². The maximum atomic E-state index is 13.0. The molecule has 1 aromatic carbocycles. The first-order valence-corrected chi connectivity index (χ1v) is 8.54. The number of ketones is 1. The number of carbonyl (C=O) groups is 2. The van der Waals surface area contributed by atoms with Gasteiger partial charge in [-0.05, 0) is 17.7 Å². The molecule has 2 heterocycles. The van der Waals surface area contributed by atoms with Crippen LogP contribution in [-0.2, 0) is 16.1 Å². The summed E-state index contributed by atoms with van der Waals surface area (Å²) in [4.78, 5) is 31.5. The van der Waals surface area contributed by atoms with Gasteiger partial charge in [-0.25, -0.2) is 0 Å². The van der Waals surface area contributed by atoms with E-state index in [2.05, 4.69) is 4.98 Å². The van der Waals surface area contributed by atoms with Crippen molar-refractivity contribution >= 4 is 11.7 Å². The summed E-state index contributed by atoms with van der Waals surface area (Å²) in [6.07, 6.45) is 1.65. The molecule has 1 aliphatic heterocycles. The number of aliphatic hydroxyl groups is 1. The Labute approximate surface area is 153 Å². The lowest BCUT2D eigenvalue weighted by Gasteiger charge is -2.28. The van der Waals surface area contributed by atoms with Gasteiger partial charge < -0.3 is 10.0 Å². The Bertz CT molecular complexity index is 852. The smallest absolute Gasteiger partial charge is 0.290 e. The van der Waals surface area contributed by atoms with E-state index < -0.39 is 23.1 Å². The van der Waals surface area contributed by atoms with Crippen LogP contribution in [0.2, 0.25) is 0 Å². The molecule has 2 aromatic rings. The molecule has 5 heteroatoms. The van der Waals surface area contributed by atoms with E-state index in [1.165, 1.54) is 4.90 Å². The summed E-state index contributed by atoms with van der Waals surface area (Å²) in [6, 6.07) is 14.1. The molecule has 0 bridgehead atoms. The van der Waals surface area contributed by atoms with Gasteiger partial charge >= 0.3 is 0 Å². The van der Waals surface area contributed by atoms with E-state index in [1.54, 1.807) is 33.0 Å². The van der Waals surface area contributed by atoms with Crippen LogP contribution in [0.1, 0.15) is 38.1 Å². The summed E-state index contributed by atoms with van der Waals surface area (Å²) in [5, 5.41) is 10.5. The van der Waals surface area contributed by atoms with Gasteiger partial charge in [-0.15, -0.1) is 0 Å². The second-order valence-corrected chi connectivity index (χ2v) is 7.41. The van der Waals surface area contributed by atoms with Crippen LogP contribution >= 0.6 is 0 Å². The second-order valence-electron chi connectivity index (χ2n) is 7.41. The van der Waals surface area contributed by atoms with Gasteiger partial charge in [-0.1, -0.05) is 57.2 Å². The minimum absolute atomic E-state index is 0.157. The number of aromatic nitrogens is 1. The first kappa shape index (κ1) is 17.9. The lowest BCUT2D eigenvalue weighted by Crippen LogP contribution is -2.32. The van der Waals surface area contributed by atoms with E-state index in [-0.39, 0.29) is 17.9 Å². The number of benzene rings is 1. The largest absolute Gasteiger partial charge is 0.503 e. The third kappa shape index (κ3) is 3.25. The normalized spacial score (nSPS) is 17.7. The molecule has 0 saturated carbocycles. The van der Waals surface area contributed by atoms with Gasteiger partial charge in [0.15, 0.2) is 11.5 Å². The summed E-state index contributed by atoms with van der Waals surface area (Å²) in [7, 11) is 0. The zero-order valence-electron chi connectivity index (χ0n) is 15.1. The highest BCUT2D eigenvalue weighted by Crippen LogP contribution is 2.41. The third-order valence-electron chi connectivity index (χ3n) is 4.40. The Hall–Kier alpha value is -2.95. The van der Waals surface area contributed by atoms with Crippen LogP contribution in [0.25, 0.3) is 0 Å². The van der Waals surface area contributed by atoms with Crippen LogP contribution in [0.4, 0.5) is 0 Å². The molecule has 1 atom stereocenters. The fourth-order valence-corrected chi connectivity index (χ4v) is 3.10. The Morgan fingerprint density at radius 2 is 1.77 bits per heavy atom. The lowest BCUT2D eigenvalue weighted by atomic mass is 9.82. The molecule has 26 heavy (non-hydrogen) atoms. The SMILES string of the molecule is CC(C)(C)C(=O)C1=C(O)C(=O)N(Cc2ccccn2)C1c1ccccc1. The lowest BCUT2D eigenvalue weighted by molar-refractivity contribution is -0.130. The zero-order chi connectivity index (χ0) is 18.9. The predicted molar refractivity (Wildman–Crippen MR) is 98.1 cm³/mol. The number of pyridine rings is 1. The Balaban J connectivity index is 2.08. The molecule has 0 fully saturated rings. The molecule has 1 N–H and O–H groups in total. The number of aliphatic hydroxyl groups excluding tert-OH is 1. The summed E-state index contributed by atoms with van der Waals surface area (Å²) >= 11 is 0. The first-order valence-electron chi connectivity index (χ1n) is 8.54. The van der Waals surface area contributed by atoms with E-state index in [0.29, 0.717) is 5.69 Å². The standard InChI is InChI=1S/C21H22N2O3/c1-21(2,3)19(25)16-17(14-9-5-4-6-10-14)23(20(26)18(16)24)13-15-11-7-8-12-22-15/h4-12,17,24H,13H2,1-3H3. The van der Waals surface area contributed by atoms with Crippen molar-refractivity contribution in [2.75, 3.05) is 0 Å². The maximum Gasteiger partial charge on any atom is 0.290 e. The summed E-state index contributed by atoms with van der Waals surface area (Å²) in [5.74, 6) is -1.24. The zero-order valence-corrected chi connectivity index (χ0v) is 15.1. The highest BCUT2D eigenvalue weighted by Gasteiger charge is 2.45. The van der Waals surface area contributed by atoms with Crippen LogP contribution in [0.15, 0.2) is 66.1 Å². The Morgan fingerprint density at radius 1 is 1.12 bits per heavy atom. The molecule has 1 amide bonds. The molecular formula is C21H22N2O3. The van der Waals surface area contributed by atoms with Crippen LogP contribution in [-0.4, -0.2) is 26.7 Å². The number of hydrogen-bond acceptors (Lipinski definition) is 4. The van der Waals surface area contributed by atoms with Crippen molar-refractivity contribution in [3.63, 3.8) is 0 Å². The summed E-state index contributed by atoms with van der Waals surface area (Å²) in [6.45, 7) is 5.56. The second kappa shape index (κ2) is 6.75. The van der Waals surface area contributed by atoms with Gasteiger partial charge in [0, 0.05) is 11.6 Å². The number of rotatable bonds is 4. The van der Waals surface area contributed by atoms with Crippen LogP contribution < -0.4 is 0 Å². The molecule has 134 valence electrons. The van der Waals surface area contributed by atoms with Crippen molar-refractivity contribution < 1.29 is 14.7 Å². The maximum absolute atomic E-state index is 13.0. The monoisotopic (exact) mass is 350 g/mol. The van der Waals surface area contributed by atoms with Crippen molar-refractivity contribution in [2.45, 2.75) is 33.4 Å². The van der Waals surface area contributed by atoms with E-state index in [1.807, 2.05) is 42.5 Å². The number of carbonyl (C=O) groups excluding carboxylic acids is 2. The third-order valence-corrected chi connectivity index (χ3v) is 4.40. The molecule has 0 spiro atoms. The van der Waals surface area contributed by atoms with Gasteiger partial charge in [0.25, 0.3) is 5.91 Å². The fraction of sp³-hybridized carbons (Fsp3) is 0.286. The van der Waals surface area contributed by atoms with Gasteiger partial charge in [-0.3, -0.25) is 14.6 Å². The topological polar surface area (TPSA) is 70.5 Å². The van der Waals surface area contributed by atoms with Gasteiger partial charge in [-0.2, -0.15) is 0 Å². The van der Waals surface area contributed by atoms with Gasteiger partial charge in [0.1, 0.15) is 0 Å². The van der Waals surface area contributed by atoms with Crippen molar-refractivity contribution in [2.24, 2.45) is 5.41 Å². The average molecular weight is 350 g/mol. The summed E-state index contributed by atoms with van der Waals surface area (Å²) in [5.41, 5.74) is 0.926. The summed E-state index contributed by atoms with van der Waals surface area (Å²) < 4.78 is 0. The first-order chi connectivity index (χ1) is 12.3. The molecule has 1 unspecified atom stereocenters. The van der Waals surface area contributed by atoms with Crippen LogP contribution in [0.3, 0.4) is 0 Å². The van der Waals surface area contributed by atoms with Crippen molar-refractivity contribution in [3.05, 3.63) is 77.3 Å². The number of Topliss-reactive ketones (excluding diaryl/α,β-unsaturated/α-hetero) is 1. The molecule has 0 aliphatic carbocycles. The number of nitrogens with zero attached hydrogens (tertiary/aromatic N) is 2. The van der Waals surface area contributed by atoms with Crippen molar-refractivity contribution in [3.8, 4) is 0 Å². The van der Waals surface area contributed by atoms with E-state index in [9.17, 15) is 14.7 Å². The Kier molecular flexibility index (Phi) is 4.64. The van der Waals surface area contributed by atoms with Gasteiger partial charge in [0.05, 0.1) is 23.9 Å². The van der Waals surface area contributed by atoms with E-state index >= 15 is 0 Å². The molecule has 1 aliphatic rings. The molecule has 5 nitrogen and oxygen atoms in total. The highest BCUT2D eigenvalue weighted by atomic mass is 16.3. The molecular weight excluding hydrogens is 328 g/mol. The highest BCUT2D eigenvalue weighted by molar-refractivity contribution is 6.10. The molecule has 0 saturated heterocycles. The minimum atomic E-state index is -0.711. The predicted octanol–water partition coefficient (Wildman–Crippen LogP) is 3.59. The number of hydrogen-bond donors (Lipinski definition) is 1. The van der Waals surface area contributed by atoms with E-state index in [0.717, 1.165) is 5.56 Å². The molecule has 3 rings (SSSR count). The van der Waals surface area contributed by atoms with Crippen LogP contribution in [0, 0.1) is 5.41 Å². The van der Waals surface area contributed by atoms with Crippen molar-refractivity contribution in [1.29, 1.82) is 0 Å².